The highest BCUT2D eigenvalue weighted by Gasteiger charge is 2.28. The minimum atomic E-state index is -0.615. The van der Waals surface area contributed by atoms with E-state index < -0.39 is 11.6 Å². The quantitative estimate of drug-likeness (QED) is 0.680. The number of likely N-dealkylation sites (N-methyl/N-ethyl adjacent to an activating group) is 1. The molecule has 1 nitrogen and oxygen atoms in total. The molecule has 1 heterocycles. The van der Waals surface area contributed by atoms with Crippen LogP contribution in [0.25, 0.3) is 11.3 Å². The van der Waals surface area contributed by atoms with Gasteiger partial charge in [0.1, 0.15) is 11.6 Å². The third-order valence-electron chi connectivity index (χ3n) is 4.00. The summed E-state index contributed by atoms with van der Waals surface area (Å²) in [7, 11) is 0. The summed E-state index contributed by atoms with van der Waals surface area (Å²) in [5, 5.41) is 0.455. The van der Waals surface area contributed by atoms with Gasteiger partial charge in [0, 0.05) is 12.1 Å². The van der Waals surface area contributed by atoms with Crippen LogP contribution in [-0.4, -0.2) is 11.4 Å². The summed E-state index contributed by atoms with van der Waals surface area (Å²) in [4.78, 5) is 1.74. The van der Waals surface area contributed by atoms with Gasteiger partial charge in [-0.2, -0.15) is 0 Å². The van der Waals surface area contributed by atoms with Crippen LogP contribution in [0.15, 0.2) is 71.9 Å². The Hall–Kier alpha value is -2.39. The van der Waals surface area contributed by atoms with E-state index in [2.05, 4.69) is 6.58 Å². The van der Waals surface area contributed by atoms with E-state index in [1.165, 1.54) is 18.2 Å². The Morgan fingerprint density at radius 3 is 2.21 bits per heavy atom. The minimum Gasteiger partial charge on any atom is -0.340 e. The monoisotopic (exact) mass is 343 g/mol. The molecule has 0 spiro atoms. The fourth-order valence-electron chi connectivity index (χ4n) is 2.87. The molecule has 24 heavy (non-hydrogen) atoms. The van der Waals surface area contributed by atoms with Gasteiger partial charge in [-0.15, -0.1) is 0 Å². The normalized spacial score (nSPS) is 14.9. The highest BCUT2D eigenvalue weighted by molar-refractivity contribution is 6.33. The zero-order valence-electron chi connectivity index (χ0n) is 13.2. The summed E-state index contributed by atoms with van der Waals surface area (Å²) in [6, 6.07) is 13.3. The Morgan fingerprint density at radius 2 is 1.62 bits per heavy atom. The van der Waals surface area contributed by atoms with Crippen LogP contribution in [0.5, 0.6) is 0 Å². The first-order valence-corrected chi connectivity index (χ1v) is 8.00. The van der Waals surface area contributed by atoms with Crippen molar-refractivity contribution in [1.29, 1.82) is 0 Å². The van der Waals surface area contributed by atoms with Crippen molar-refractivity contribution in [3.63, 3.8) is 0 Å². The number of hydrogen-bond acceptors (Lipinski definition) is 1. The Bertz CT molecular complexity index is 833. The number of rotatable bonds is 3. The molecule has 0 radical (unpaired) electrons. The lowest BCUT2D eigenvalue weighted by atomic mass is 9.94. The summed E-state index contributed by atoms with van der Waals surface area (Å²) in [5.74, 6) is -1.23. The molecule has 1 aliphatic rings. The van der Waals surface area contributed by atoms with Gasteiger partial charge in [0.25, 0.3) is 0 Å². The molecule has 0 fully saturated rings. The maximum Gasteiger partial charge on any atom is 0.135 e. The van der Waals surface area contributed by atoms with E-state index in [9.17, 15) is 8.78 Å². The minimum absolute atomic E-state index is 0.0697. The van der Waals surface area contributed by atoms with Crippen molar-refractivity contribution in [2.45, 2.75) is 6.92 Å². The molecular weight excluding hydrogens is 328 g/mol. The van der Waals surface area contributed by atoms with Gasteiger partial charge < -0.3 is 4.90 Å². The third-order valence-corrected chi connectivity index (χ3v) is 4.33. The van der Waals surface area contributed by atoms with Gasteiger partial charge in [-0.25, -0.2) is 8.78 Å². The Labute approximate surface area is 145 Å². The lowest BCUT2D eigenvalue weighted by Crippen LogP contribution is -2.25. The number of allylic oxidation sites excluding steroid dienone is 3. The van der Waals surface area contributed by atoms with Crippen molar-refractivity contribution in [3.8, 4) is 0 Å². The molecule has 0 unspecified atom stereocenters. The van der Waals surface area contributed by atoms with Crippen molar-refractivity contribution in [3.05, 3.63) is 94.7 Å². The Morgan fingerprint density at radius 1 is 1.00 bits per heavy atom. The van der Waals surface area contributed by atoms with Crippen LogP contribution in [0.1, 0.15) is 18.1 Å². The van der Waals surface area contributed by atoms with Crippen LogP contribution in [0.4, 0.5) is 8.78 Å². The predicted molar refractivity (Wildman–Crippen MR) is 95.1 cm³/mol. The molecule has 4 heteroatoms. The maximum atomic E-state index is 14.5. The van der Waals surface area contributed by atoms with Gasteiger partial charge in [-0.05, 0) is 30.7 Å². The van der Waals surface area contributed by atoms with Crippen molar-refractivity contribution in [2.75, 3.05) is 6.54 Å². The second-order valence-electron chi connectivity index (χ2n) is 5.41. The molecule has 0 bridgehead atoms. The summed E-state index contributed by atoms with van der Waals surface area (Å²) in [6.07, 6.45) is 1.71. The van der Waals surface area contributed by atoms with Crippen LogP contribution >= 0.6 is 11.6 Å². The summed E-state index contributed by atoms with van der Waals surface area (Å²) in [5.41, 5.74) is 2.39. The highest BCUT2D eigenvalue weighted by Crippen LogP contribution is 2.41. The van der Waals surface area contributed by atoms with Crippen molar-refractivity contribution in [2.24, 2.45) is 0 Å². The number of nitrogens with zero attached hydrogens (tertiary/aromatic N) is 1. The zero-order chi connectivity index (χ0) is 17.3. The Kier molecular flexibility index (Phi) is 4.54. The Balaban J connectivity index is 2.37. The molecule has 2 aromatic carbocycles. The lowest BCUT2D eigenvalue weighted by Gasteiger charge is -2.33. The number of benzene rings is 2. The van der Waals surface area contributed by atoms with Crippen LogP contribution in [0.3, 0.4) is 0 Å². The molecule has 0 aliphatic carbocycles. The molecule has 0 atom stereocenters. The average molecular weight is 344 g/mol. The fraction of sp³-hybridized carbons (Fsp3) is 0.100. The third kappa shape index (κ3) is 2.76. The van der Waals surface area contributed by atoms with Crippen LogP contribution in [0.2, 0.25) is 0 Å². The van der Waals surface area contributed by atoms with Crippen LogP contribution in [0, 0.1) is 11.6 Å². The van der Waals surface area contributed by atoms with E-state index in [0.29, 0.717) is 28.5 Å². The van der Waals surface area contributed by atoms with Crippen molar-refractivity contribution in [1.82, 2.24) is 4.90 Å². The van der Waals surface area contributed by atoms with E-state index in [1.807, 2.05) is 37.3 Å². The van der Waals surface area contributed by atoms with Gasteiger partial charge in [-0.3, -0.25) is 0 Å². The highest BCUT2D eigenvalue weighted by atomic mass is 35.5. The number of halogens is 3. The smallest absolute Gasteiger partial charge is 0.135 e. The molecule has 0 N–H and O–H groups in total. The summed E-state index contributed by atoms with van der Waals surface area (Å²) < 4.78 is 28.9. The predicted octanol–water partition coefficient (Wildman–Crippen LogP) is 5.81. The van der Waals surface area contributed by atoms with E-state index in [4.69, 9.17) is 11.6 Å². The second-order valence-corrected chi connectivity index (χ2v) is 5.82. The van der Waals surface area contributed by atoms with Gasteiger partial charge in [0.05, 0.1) is 22.0 Å². The molecule has 122 valence electrons. The van der Waals surface area contributed by atoms with Crippen LogP contribution in [-0.2, 0) is 0 Å². The largest absolute Gasteiger partial charge is 0.340 e. The molecule has 0 saturated carbocycles. The topological polar surface area (TPSA) is 3.24 Å². The van der Waals surface area contributed by atoms with E-state index >= 15 is 0 Å². The van der Waals surface area contributed by atoms with E-state index in [1.54, 1.807) is 11.0 Å². The molecule has 3 rings (SSSR count). The maximum absolute atomic E-state index is 14.5. The van der Waals surface area contributed by atoms with Crippen molar-refractivity contribution >= 4 is 22.9 Å². The first-order valence-electron chi connectivity index (χ1n) is 7.62. The van der Waals surface area contributed by atoms with Gasteiger partial charge in [-0.1, -0.05) is 54.6 Å². The molecule has 0 aromatic heterocycles. The molecular formula is C20H16ClF2N. The fourth-order valence-corrected chi connectivity index (χ4v) is 3.08. The SMILES string of the molecule is C=C1C(Cl)=CC(c2ccccc2)=C(c2c(F)cccc2F)N1CC. The van der Waals surface area contributed by atoms with Gasteiger partial charge in [0.2, 0.25) is 0 Å². The molecule has 2 aromatic rings. The standard InChI is InChI=1S/C20H16ClF2N/c1-3-24-13(2)16(21)12-15(14-8-5-4-6-9-14)20(24)19-17(22)10-7-11-18(19)23/h4-12H,2-3H2,1H3. The van der Waals surface area contributed by atoms with Gasteiger partial charge in [0.15, 0.2) is 0 Å². The second kappa shape index (κ2) is 6.62. The average Bonchev–Trinajstić information content (AvgIpc) is 2.58. The molecule has 0 amide bonds. The van der Waals surface area contributed by atoms with Gasteiger partial charge >= 0.3 is 0 Å². The first kappa shape index (κ1) is 16.5. The van der Waals surface area contributed by atoms with E-state index in [-0.39, 0.29) is 5.56 Å². The molecule has 1 aliphatic heterocycles. The number of hydrogen-bond donors (Lipinski definition) is 0. The zero-order valence-corrected chi connectivity index (χ0v) is 13.9. The lowest BCUT2D eigenvalue weighted by molar-refractivity contribution is 0.508. The van der Waals surface area contributed by atoms with E-state index in [0.717, 1.165) is 5.56 Å². The van der Waals surface area contributed by atoms with Crippen LogP contribution < -0.4 is 0 Å². The summed E-state index contributed by atoms with van der Waals surface area (Å²) >= 11 is 6.32. The van der Waals surface area contributed by atoms with Crippen molar-refractivity contribution < 1.29 is 8.78 Å². The first-order chi connectivity index (χ1) is 11.5. The summed E-state index contributed by atoms with van der Waals surface area (Å²) in [6.45, 7) is 6.34. The molecule has 0 saturated heterocycles.